The second kappa shape index (κ2) is 12.7. The SMILES string of the molecule is CCCN1CCC(N(C)C(=O)CCCNC)CC1.Cl.Cl. The van der Waals surface area contributed by atoms with Crippen LogP contribution in [-0.4, -0.2) is 62.0 Å². The molecular weight excluding hydrogens is 297 g/mol. The maximum Gasteiger partial charge on any atom is 0.222 e. The minimum Gasteiger partial charge on any atom is -0.343 e. The van der Waals surface area contributed by atoms with E-state index in [-0.39, 0.29) is 24.8 Å². The van der Waals surface area contributed by atoms with Gasteiger partial charge in [0, 0.05) is 32.6 Å². The maximum absolute atomic E-state index is 12.0. The zero-order valence-corrected chi connectivity index (χ0v) is 14.7. The number of nitrogens with zero attached hydrogens (tertiary/aromatic N) is 2. The quantitative estimate of drug-likeness (QED) is 0.728. The molecule has 1 amide bonds. The third kappa shape index (κ3) is 7.67. The molecule has 0 bridgehead atoms. The zero-order chi connectivity index (χ0) is 13.4. The lowest BCUT2D eigenvalue weighted by molar-refractivity contribution is -0.132. The van der Waals surface area contributed by atoms with Gasteiger partial charge >= 0.3 is 0 Å². The first kappa shape index (κ1) is 22.3. The van der Waals surface area contributed by atoms with Gasteiger partial charge in [0.1, 0.15) is 0 Å². The van der Waals surface area contributed by atoms with E-state index in [9.17, 15) is 4.79 Å². The topological polar surface area (TPSA) is 35.6 Å². The highest BCUT2D eigenvalue weighted by Gasteiger charge is 2.24. The van der Waals surface area contributed by atoms with Crippen LogP contribution in [0.5, 0.6) is 0 Å². The Hall–Kier alpha value is -0.0300. The van der Waals surface area contributed by atoms with Crippen LogP contribution >= 0.6 is 24.8 Å². The van der Waals surface area contributed by atoms with Crippen molar-refractivity contribution in [1.29, 1.82) is 0 Å². The van der Waals surface area contributed by atoms with Gasteiger partial charge in [-0.05, 0) is 45.8 Å². The first-order valence-corrected chi connectivity index (χ1v) is 7.31. The van der Waals surface area contributed by atoms with E-state index in [2.05, 4.69) is 17.1 Å². The van der Waals surface area contributed by atoms with Crippen LogP contribution in [0.2, 0.25) is 0 Å². The molecule has 20 heavy (non-hydrogen) atoms. The Kier molecular flexibility index (Phi) is 14.1. The average Bonchev–Trinajstić information content (AvgIpc) is 2.39. The molecule has 4 nitrogen and oxygen atoms in total. The number of nitrogens with one attached hydrogen (secondary N) is 1. The summed E-state index contributed by atoms with van der Waals surface area (Å²) in [6.45, 7) is 6.64. The molecule has 0 unspecified atom stereocenters. The lowest BCUT2D eigenvalue weighted by atomic mass is 10.0. The van der Waals surface area contributed by atoms with E-state index >= 15 is 0 Å². The molecule has 122 valence electrons. The van der Waals surface area contributed by atoms with Crippen molar-refractivity contribution < 1.29 is 4.79 Å². The maximum atomic E-state index is 12.0. The van der Waals surface area contributed by atoms with Gasteiger partial charge in [0.2, 0.25) is 5.91 Å². The Balaban J connectivity index is 0. The lowest BCUT2D eigenvalue weighted by Crippen LogP contribution is -2.45. The lowest BCUT2D eigenvalue weighted by Gasteiger charge is -2.36. The Morgan fingerprint density at radius 2 is 1.90 bits per heavy atom. The molecule has 1 rings (SSSR count). The summed E-state index contributed by atoms with van der Waals surface area (Å²) in [6.07, 6.45) is 5.10. The monoisotopic (exact) mass is 327 g/mol. The number of carbonyl (C=O) groups excluding carboxylic acids is 1. The summed E-state index contributed by atoms with van der Waals surface area (Å²) < 4.78 is 0. The molecule has 0 radical (unpaired) electrons. The smallest absolute Gasteiger partial charge is 0.222 e. The summed E-state index contributed by atoms with van der Waals surface area (Å²) >= 11 is 0. The van der Waals surface area contributed by atoms with E-state index < -0.39 is 0 Å². The molecule has 1 fully saturated rings. The minimum atomic E-state index is 0. The van der Waals surface area contributed by atoms with E-state index in [1.165, 1.54) is 13.0 Å². The average molecular weight is 328 g/mol. The van der Waals surface area contributed by atoms with Gasteiger partial charge in [0.05, 0.1) is 0 Å². The number of halogens is 2. The molecule has 0 aliphatic carbocycles. The Morgan fingerprint density at radius 3 is 2.40 bits per heavy atom. The van der Waals surface area contributed by atoms with Crippen molar-refractivity contribution in [3.8, 4) is 0 Å². The number of amides is 1. The van der Waals surface area contributed by atoms with E-state index in [1.54, 1.807) is 0 Å². The molecule has 1 aliphatic rings. The fourth-order valence-corrected chi connectivity index (χ4v) is 2.64. The molecule has 1 heterocycles. The van der Waals surface area contributed by atoms with Crippen molar-refractivity contribution in [2.75, 3.05) is 40.3 Å². The van der Waals surface area contributed by atoms with Crippen LogP contribution < -0.4 is 5.32 Å². The van der Waals surface area contributed by atoms with Gasteiger partial charge in [-0.25, -0.2) is 0 Å². The minimum absolute atomic E-state index is 0. The Morgan fingerprint density at radius 1 is 1.30 bits per heavy atom. The van der Waals surface area contributed by atoms with Gasteiger partial charge in [0.15, 0.2) is 0 Å². The second-order valence-electron chi connectivity index (χ2n) is 5.28. The number of hydrogen-bond acceptors (Lipinski definition) is 3. The molecule has 0 aromatic rings. The van der Waals surface area contributed by atoms with Crippen molar-refractivity contribution in [3.63, 3.8) is 0 Å². The fourth-order valence-electron chi connectivity index (χ4n) is 2.64. The van der Waals surface area contributed by atoms with Crippen molar-refractivity contribution in [2.45, 2.75) is 45.1 Å². The summed E-state index contributed by atoms with van der Waals surface area (Å²) in [5.74, 6) is 0.305. The molecule has 6 heteroatoms. The van der Waals surface area contributed by atoms with E-state index in [0.29, 0.717) is 18.4 Å². The van der Waals surface area contributed by atoms with E-state index in [4.69, 9.17) is 0 Å². The predicted molar refractivity (Wildman–Crippen MR) is 90.2 cm³/mol. The molecular formula is C14H31Cl2N3O. The van der Waals surface area contributed by atoms with Crippen LogP contribution in [0.4, 0.5) is 0 Å². The third-order valence-corrected chi connectivity index (χ3v) is 3.86. The molecule has 0 aromatic carbocycles. The van der Waals surface area contributed by atoms with Gasteiger partial charge in [-0.2, -0.15) is 0 Å². The first-order valence-electron chi connectivity index (χ1n) is 7.31. The highest BCUT2D eigenvalue weighted by Crippen LogP contribution is 2.16. The van der Waals surface area contributed by atoms with Crippen molar-refractivity contribution in [3.05, 3.63) is 0 Å². The molecule has 0 spiro atoms. The molecule has 1 saturated heterocycles. The van der Waals surface area contributed by atoms with Crippen molar-refractivity contribution >= 4 is 30.7 Å². The number of likely N-dealkylation sites (tertiary alicyclic amines) is 1. The summed E-state index contributed by atoms with van der Waals surface area (Å²) in [5.41, 5.74) is 0. The molecule has 1 aliphatic heterocycles. The summed E-state index contributed by atoms with van der Waals surface area (Å²) in [4.78, 5) is 16.5. The zero-order valence-electron chi connectivity index (χ0n) is 13.1. The van der Waals surface area contributed by atoms with Gasteiger partial charge < -0.3 is 15.1 Å². The van der Waals surface area contributed by atoms with Crippen LogP contribution in [0, 0.1) is 0 Å². The third-order valence-electron chi connectivity index (χ3n) is 3.86. The molecule has 0 saturated carbocycles. The molecule has 0 atom stereocenters. The standard InChI is InChI=1S/C14H29N3O.2ClH/c1-4-10-17-11-7-13(8-12-17)16(3)14(18)6-5-9-15-2;;/h13,15H,4-12H2,1-3H3;2*1H. The molecule has 1 N–H and O–H groups in total. The van der Waals surface area contributed by atoms with Gasteiger partial charge in [-0.15, -0.1) is 24.8 Å². The van der Waals surface area contributed by atoms with Gasteiger partial charge in [-0.3, -0.25) is 4.79 Å². The van der Waals surface area contributed by atoms with Crippen LogP contribution in [0.15, 0.2) is 0 Å². The highest BCUT2D eigenvalue weighted by atomic mass is 35.5. The summed E-state index contributed by atoms with van der Waals surface area (Å²) in [6, 6.07) is 0.459. The summed E-state index contributed by atoms with van der Waals surface area (Å²) in [5, 5.41) is 3.08. The number of hydrogen-bond donors (Lipinski definition) is 1. The number of rotatable bonds is 7. The van der Waals surface area contributed by atoms with Crippen molar-refractivity contribution in [2.24, 2.45) is 0 Å². The van der Waals surface area contributed by atoms with Crippen LogP contribution in [0.3, 0.4) is 0 Å². The Labute approximate surface area is 136 Å². The fraction of sp³-hybridized carbons (Fsp3) is 0.929. The van der Waals surface area contributed by atoms with Gasteiger partial charge in [-0.1, -0.05) is 6.92 Å². The highest BCUT2D eigenvalue weighted by molar-refractivity contribution is 5.85. The Bertz CT molecular complexity index is 247. The van der Waals surface area contributed by atoms with E-state index in [0.717, 1.165) is 38.9 Å². The van der Waals surface area contributed by atoms with Crippen LogP contribution in [0.25, 0.3) is 0 Å². The predicted octanol–water partition coefficient (Wildman–Crippen LogP) is 2.16. The normalized spacial score (nSPS) is 16.1. The van der Waals surface area contributed by atoms with Crippen molar-refractivity contribution in [1.82, 2.24) is 15.1 Å². The number of carbonyl (C=O) groups is 1. The van der Waals surface area contributed by atoms with Gasteiger partial charge in [0.25, 0.3) is 0 Å². The van der Waals surface area contributed by atoms with Crippen LogP contribution in [0.1, 0.15) is 39.0 Å². The largest absolute Gasteiger partial charge is 0.343 e. The first-order chi connectivity index (χ1) is 8.69. The number of piperidine rings is 1. The second-order valence-corrected chi connectivity index (χ2v) is 5.28. The van der Waals surface area contributed by atoms with Crippen LogP contribution in [-0.2, 0) is 4.79 Å². The van der Waals surface area contributed by atoms with E-state index in [1.807, 2.05) is 19.0 Å². The summed E-state index contributed by atoms with van der Waals surface area (Å²) in [7, 11) is 3.90. The molecule has 0 aromatic heterocycles.